The van der Waals surface area contributed by atoms with Gasteiger partial charge in [0.15, 0.2) is 17.5 Å². The van der Waals surface area contributed by atoms with E-state index in [2.05, 4.69) is 72.8 Å². The number of hydrogen-bond acceptors (Lipinski definition) is 5. The zero-order valence-corrected chi connectivity index (χ0v) is 26.7. The molecule has 0 atom stereocenters. The van der Waals surface area contributed by atoms with Crippen molar-refractivity contribution in [1.82, 2.24) is 15.0 Å². The van der Waals surface area contributed by atoms with Gasteiger partial charge in [0.2, 0.25) is 0 Å². The molecule has 0 aliphatic heterocycles. The van der Waals surface area contributed by atoms with Crippen LogP contribution in [-0.2, 0) is 0 Å². The predicted octanol–water partition coefficient (Wildman–Crippen LogP) is 12.0. The quantitative estimate of drug-likeness (QED) is 0.187. The van der Waals surface area contributed by atoms with Gasteiger partial charge in [-0.1, -0.05) is 127 Å². The molecule has 7 aromatic carbocycles. The second-order valence-electron chi connectivity index (χ2n) is 12.4. The maximum Gasteiger partial charge on any atom is 0.164 e. The van der Waals surface area contributed by atoms with Crippen LogP contribution in [0.1, 0.15) is 0 Å². The molecule has 0 aliphatic carbocycles. The van der Waals surface area contributed by atoms with Crippen molar-refractivity contribution in [2.75, 3.05) is 0 Å². The summed E-state index contributed by atoms with van der Waals surface area (Å²) in [5.74, 6) is 1.83. The SMILES string of the molecule is c1ccc(-c2nc(-c3ccccc3)nc(-c3cccc4oc5ccc(-c6cc(-c7ccccc7)c7oc8ccccc8c7c6)cc5c34)n2)cc1. The zero-order valence-electron chi connectivity index (χ0n) is 26.7. The van der Waals surface area contributed by atoms with Crippen molar-refractivity contribution in [2.24, 2.45) is 0 Å². The molecule has 0 N–H and O–H groups in total. The van der Waals surface area contributed by atoms with Gasteiger partial charge in [-0.3, -0.25) is 0 Å². The lowest BCUT2D eigenvalue weighted by atomic mass is 9.94. The molecule has 0 saturated carbocycles. The van der Waals surface area contributed by atoms with Gasteiger partial charge in [0.1, 0.15) is 22.3 Å². The highest BCUT2D eigenvalue weighted by Crippen LogP contribution is 2.42. The third-order valence-corrected chi connectivity index (χ3v) is 9.33. The summed E-state index contributed by atoms with van der Waals surface area (Å²) in [5.41, 5.74) is 10.4. The molecular formula is C45H27N3O2. The summed E-state index contributed by atoms with van der Waals surface area (Å²) < 4.78 is 12.9. The highest BCUT2D eigenvalue weighted by atomic mass is 16.3. The van der Waals surface area contributed by atoms with E-state index in [1.54, 1.807) is 0 Å². The van der Waals surface area contributed by atoms with Crippen molar-refractivity contribution in [3.05, 3.63) is 164 Å². The topological polar surface area (TPSA) is 65.0 Å². The molecule has 0 radical (unpaired) electrons. The Labute approximate surface area is 287 Å². The summed E-state index contributed by atoms with van der Waals surface area (Å²) in [7, 11) is 0. The smallest absolute Gasteiger partial charge is 0.164 e. The Kier molecular flexibility index (Phi) is 6.42. The summed E-state index contributed by atoms with van der Waals surface area (Å²) in [6.07, 6.45) is 0. The van der Waals surface area contributed by atoms with E-state index >= 15 is 0 Å². The highest BCUT2D eigenvalue weighted by molar-refractivity contribution is 6.14. The standard InChI is InChI=1S/C45H27N3O2/c1-4-13-28(14-5-1)35-26-32(27-36-33-19-10-11-21-38(33)50-42(35)36)31-23-24-39-37(25-31)41-34(20-12-22-40(41)49-39)45-47-43(29-15-6-2-7-16-29)46-44(48-45)30-17-8-3-9-18-30/h1-27H. The van der Waals surface area contributed by atoms with Crippen molar-refractivity contribution >= 4 is 43.9 Å². The fourth-order valence-electron chi connectivity index (χ4n) is 6.95. The number of aromatic nitrogens is 3. The van der Waals surface area contributed by atoms with Crippen LogP contribution in [0.4, 0.5) is 0 Å². The number of fused-ring (bicyclic) bond motifs is 6. The van der Waals surface area contributed by atoms with Crippen molar-refractivity contribution in [3.63, 3.8) is 0 Å². The highest BCUT2D eigenvalue weighted by Gasteiger charge is 2.20. The summed E-state index contributed by atoms with van der Waals surface area (Å²) in [4.78, 5) is 15.0. The number of furan rings is 2. The van der Waals surface area contributed by atoms with Crippen LogP contribution in [0.15, 0.2) is 173 Å². The van der Waals surface area contributed by atoms with Gasteiger partial charge in [-0.2, -0.15) is 0 Å². The summed E-state index contributed by atoms with van der Waals surface area (Å²) in [5, 5.41) is 4.14. The number of benzene rings is 7. The van der Waals surface area contributed by atoms with E-state index in [-0.39, 0.29) is 0 Å². The molecule has 0 unspecified atom stereocenters. The molecule has 5 heteroatoms. The van der Waals surface area contributed by atoms with Gasteiger partial charge in [0.25, 0.3) is 0 Å². The molecule has 0 fully saturated rings. The van der Waals surface area contributed by atoms with Crippen molar-refractivity contribution < 1.29 is 8.83 Å². The Morgan fingerprint density at radius 3 is 1.62 bits per heavy atom. The van der Waals surface area contributed by atoms with Crippen LogP contribution in [0, 0.1) is 0 Å². The van der Waals surface area contributed by atoms with E-state index in [9.17, 15) is 0 Å². The third-order valence-electron chi connectivity index (χ3n) is 9.33. The second kappa shape index (κ2) is 11.4. The molecule has 0 spiro atoms. The van der Waals surface area contributed by atoms with Gasteiger partial charge in [-0.25, -0.2) is 15.0 Å². The molecule has 3 heterocycles. The Bertz CT molecular complexity index is 2800. The lowest BCUT2D eigenvalue weighted by molar-refractivity contribution is 0.669. The van der Waals surface area contributed by atoms with Crippen LogP contribution < -0.4 is 0 Å². The first-order chi connectivity index (χ1) is 24.8. The number of rotatable bonds is 5. The minimum absolute atomic E-state index is 0.592. The monoisotopic (exact) mass is 641 g/mol. The zero-order chi connectivity index (χ0) is 33.0. The minimum atomic E-state index is 0.592. The normalized spacial score (nSPS) is 11.6. The van der Waals surface area contributed by atoms with E-state index < -0.39 is 0 Å². The Morgan fingerprint density at radius 1 is 0.320 bits per heavy atom. The molecule has 5 nitrogen and oxygen atoms in total. The number of hydrogen-bond donors (Lipinski definition) is 0. The van der Waals surface area contributed by atoms with Crippen LogP contribution in [0.3, 0.4) is 0 Å². The Morgan fingerprint density at radius 2 is 0.900 bits per heavy atom. The van der Waals surface area contributed by atoms with E-state index in [1.807, 2.05) is 91.0 Å². The third kappa shape index (κ3) is 4.67. The molecule has 0 amide bonds. The minimum Gasteiger partial charge on any atom is -0.456 e. The van der Waals surface area contributed by atoms with Crippen LogP contribution in [0.5, 0.6) is 0 Å². The number of para-hydroxylation sites is 1. The number of nitrogens with zero attached hydrogens (tertiary/aromatic N) is 3. The van der Waals surface area contributed by atoms with E-state index in [1.165, 1.54) is 0 Å². The van der Waals surface area contributed by atoms with Gasteiger partial charge >= 0.3 is 0 Å². The predicted molar refractivity (Wildman–Crippen MR) is 202 cm³/mol. The molecule has 234 valence electrons. The second-order valence-corrected chi connectivity index (χ2v) is 12.4. The average molecular weight is 642 g/mol. The first kappa shape index (κ1) is 28.2. The van der Waals surface area contributed by atoms with Gasteiger partial charge < -0.3 is 8.83 Å². The Hall–Kier alpha value is -6.85. The summed E-state index contributed by atoms with van der Waals surface area (Å²) >= 11 is 0. The summed E-state index contributed by atoms with van der Waals surface area (Å²) in [6, 6.07) is 55.7. The van der Waals surface area contributed by atoms with E-state index in [4.69, 9.17) is 23.8 Å². The van der Waals surface area contributed by atoms with Gasteiger partial charge in [-0.05, 0) is 53.1 Å². The molecule has 10 rings (SSSR count). The fourth-order valence-corrected chi connectivity index (χ4v) is 6.95. The molecule has 3 aromatic heterocycles. The lowest BCUT2D eigenvalue weighted by Crippen LogP contribution is -2.00. The molecule has 50 heavy (non-hydrogen) atoms. The van der Waals surface area contributed by atoms with Crippen molar-refractivity contribution in [3.8, 4) is 56.4 Å². The van der Waals surface area contributed by atoms with E-state index in [0.29, 0.717) is 17.5 Å². The maximum absolute atomic E-state index is 6.46. The first-order valence-electron chi connectivity index (χ1n) is 16.6. The largest absolute Gasteiger partial charge is 0.456 e. The van der Waals surface area contributed by atoms with Gasteiger partial charge in [0.05, 0.1) is 0 Å². The maximum atomic E-state index is 6.46. The van der Waals surface area contributed by atoms with Gasteiger partial charge in [-0.15, -0.1) is 0 Å². The lowest BCUT2D eigenvalue weighted by Gasteiger charge is -2.10. The molecule has 0 aliphatic rings. The van der Waals surface area contributed by atoms with Crippen LogP contribution in [0.2, 0.25) is 0 Å². The first-order valence-corrected chi connectivity index (χ1v) is 16.6. The van der Waals surface area contributed by atoms with Crippen LogP contribution in [0.25, 0.3) is 100 Å². The van der Waals surface area contributed by atoms with E-state index in [0.717, 1.165) is 82.8 Å². The molecule has 0 bridgehead atoms. The molecular weight excluding hydrogens is 615 g/mol. The van der Waals surface area contributed by atoms with Crippen LogP contribution >= 0.6 is 0 Å². The molecule has 10 aromatic rings. The summed E-state index contributed by atoms with van der Waals surface area (Å²) in [6.45, 7) is 0. The molecule has 0 saturated heterocycles. The van der Waals surface area contributed by atoms with Crippen molar-refractivity contribution in [2.45, 2.75) is 0 Å². The van der Waals surface area contributed by atoms with Crippen molar-refractivity contribution in [1.29, 1.82) is 0 Å². The van der Waals surface area contributed by atoms with Gasteiger partial charge in [0, 0.05) is 43.8 Å². The Balaban J connectivity index is 1.20. The van der Waals surface area contributed by atoms with Crippen LogP contribution in [-0.4, -0.2) is 15.0 Å². The fraction of sp³-hybridized carbons (Fsp3) is 0. The average Bonchev–Trinajstić information content (AvgIpc) is 3.76.